The minimum Gasteiger partial charge on any atom is -0.379 e. The lowest BCUT2D eigenvalue weighted by atomic mass is 9.82. The first-order chi connectivity index (χ1) is 7.56. The van der Waals surface area contributed by atoms with Crippen LogP contribution in [0.1, 0.15) is 27.2 Å². The van der Waals surface area contributed by atoms with Crippen LogP contribution < -0.4 is 0 Å². The third-order valence-electron chi connectivity index (χ3n) is 3.36. The summed E-state index contributed by atoms with van der Waals surface area (Å²) in [6, 6.07) is 0. The van der Waals surface area contributed by atoms with Gasteiger partial charge in [-0.2, -0.15) is 0 Å². The highest BCUT2D eigenvalue weighted by molar-refractivity contribution is 5.11. The van der Waals surface area contributed by atoms with E-state index in [0.29, 0.717) is 0 Å². The maximum absolute atomic E-state index is 8.00. The van der Waals surface area contributed by atoms with Crippen molar-refractivity contribution in [2.24, 2.45) is 5.41 Å². The van der Waals surface area contributed by atoms with Gasteiger partial charge in [-0.25, -0.2) is 0 Å². The lowest BCUT2D eigenvalue weighted by molar-refractivity contribution is -0.0979. The Morgan fingerprint density at radius 3 is 2.25 bits per heavy atom. The molecule has 1 heterocycles. The fourth-order valence-electron chi connectivity index (χ4n) is 1.49. The molecule has 0 N–H and O–H groups in total. The third-order valence-corrected chi connectivity index (χ3v) is 3.36. The standard InChI is InChI=1S/C12H23NO.CH2O/c1-5-12(3,4)11(2)10-13-6-8-14-9-7-13;1-2/h2,5-10H2,1,3-4H3;1H2. The van der Waals surface area contributed by atoms with Gasteiger partial charge in [-0.1, -0.05) is 32.9 Å². The zero-order valence-electron chi connectivity index (χ0n) is 10.9. The van der Waals surface area contributed by atoms with Crippen molar-refractivity contribution in [2.45, 2.75) is 27.2 Å². The van der Waals surface area contributed by atoms with Gasteiger partial charge in [0, 0.05) is 19.6 Å². The molecule has 0 atom stereocenters. The summed E-state index contributed by atoms with van der Waals surface area (Å²) in [6.45, 7) is 17.9. The summed E-state index contributed by atoms with van der Waals surface area (Å²) < 4.78 is 5.32. The van der Waals surface area contributed by atoms with Crippen LogP contribution in [-0.2, 0) is 9.53 Å². The van der Waals surface area contributed by atoms with Crippen LogP contribution in [0, 0.1) is 5.41 Å². The lowest BCUT2D eigenvalue weighted by Crippen LogP contribution is -2.39. The van der Waals surface area contributed by atoms with Gasteiger partial charge in [-0.15, -0.1) is 0 Å². The highest BCUT2D eigenvalue weighted by Crippen LogP contribution is 2.29. The number of carbonyl (C=O) groups excluding carboxylic acids is 1. The van der Waals surface area contributed by atoms with Crippen molar-refractivity contribution in [2.75, 3.05) is 32.8 Å². The van der Waals surface area contributed by atoms with E-state index in [9.17, 15) is 0 Å². The zero-order valence-corrected chi connectivity index (χ0v) is 10.9. The Balaban J connectivity index is 0.00000106. The van der Waals surface area contributed by atoms with Crippen LogP contribution in [-0.4, -0.2) is 44.5 Å². The number of carbonyl (C=O) groups is 1. The Morgan fingerprint density at radius 1 is 1.31 bits per heavy atom. The zero-order chi connectivity index (χ0) is 12.6. The second-order valence-corrected chi connectivity index (χ2v) is 4.73. The predicted molar refractivity (Wildman–Crippen MR) is 67.6 cm³/mol. The van der Waals surface area contributed by atoms with Crippen molar-refractivity contribution >= 4 is 6.79 Å². The Morgan fingerprint density at radius 2 is 1.81 bits per heavy atom. The number of hydrogen-bond acceptors (Lipinski definition) is 3. The topological polar surface area (TPSA) is 29.5 Å². The molecular formula is C13H25NO2. The van der Waals surface area contributed by atoms with E-state index in [1.54, 1.807) is 0 Å². The van der Waals surface area contributed by atoms with E-state index in [4.69, 9.17) is 9.53 Å². The summed E-state index contributed by atoms with van der Waals surface area (Å²) in [7, 11) is 0. The molecule has 1 rings (SSSR count). The highest BCUT2D eigenvalue weighted by atomic mass is 16.5. The van der Waals surface area contributed by atoms with Gasteiger partial charge >= 0.3 is 0 Å². The number of nitrogens with zero attached hydrogens (tertiary/aromatic N) is 1. The van der Waals surface area contributed by atoms with Crippen LogP contribution in [0.15, 0.2) is 12.2 Å². The van der Waals surface area contributed by atoms with Crippen molar-refractivity contribution in [3.8, 4) is 0 Å². The fourth-order valence-corrected chi connectivity index (χ4v) is 1.49. The molecule has 3 heteroatoms. The molecule has 0 unspecified atom stereocenters. The SMILES string of the molecule is C=C(CN1CCOCC1)C(C)(C)CC.C=O. The molecule has 1 aliphatic heterocycles. The normalized spacial score (nSPS) is 17.4. The molecular weight excluding hydrogens is 202 g/mol. The number of ether oxygens (including phenoxy) is 1. The number of morpholine rings is 1. The summed E-state index contributed by atoms with van der Waals surface area (Å²) >= 11 is 0. The first-order valence-corrected chi connectivity index (χ1v) is 5.83. The summed E-state index contributed by atoms with van der Waals surface area (Å²) in [5.74, 6) is 0. The summed E-state index contributed by atoms with van der Waals surface area (Å²) in [5, 5.41) is 0. The first kappa shape index (κ1) is 15.3. The molecule has 0 aromatic rings. The van der Waals surface area contributed by atoms with E-state index in [-0.39, 0.29) is 5.41 Å². The lowest BCUT2D eigenvalue weighted by Gasteiger charge is -2.33. The van der Waals surface area contributed by atoms with Crippen molar-refractivity contribution in [1.29, 1.82) is 0 Å². The summed E-state index contributed by atoms with van der Waals surface area (Å²) in [5.41, 5.74) is 1.63. The molecule has 16 heavy (non-hydrogen) atoms. The summed E-state index contributed by atoms with van der Waals surface area (Å²) in [6.07, 6.45) is 1.16. The molecule has 1 saturated heterocycles. The van der Waals surface area contributed by atoms with E-state index in [2.05, 4.69) is 32.3 Å². The molecule has 1 aliphatic rings. The van der Waals surface area contributed by atoms with Gasteiger partial charge in [0.2, 0.25) is 0 Å². The van der Waals surface area contributed by atoms with Gasteiger partial charge in [0.15, 0.2) is 0 Å². The molecule has 1 fully saturated rings. The van der Waals surface area contributed by atoms with Gasteiger partial charge in [-0.05, 0) is 11.8 Å². The molecule has 0 aliphatic carbocycles. The molecule has 0 spiro atoms. The highest BCUT2D eigenvalue weighted by Gasteiger charge is 2.21. The monoisotopic (exact) mass is 227 g/mol. The molecule has 0 amide bonds. The van der Waals surface area contributed by atoms with Crippen LogP contribution in [0.25, 0.3) is 0 Å². The average molecular weight is 227 g/mol. The van der Waals surface area contributed by atoms with Gasteiger partial charge in [0.1, 0.15) is 6.79 Å². The van der Waals surface area contributed by atoms with E-state index < -0.39 is 0 Å². The molecule has 0 bridgehead atoms. The van der Waals surface area contributed by atoms with E-state index in [0.717, 1.165) is 39.3 Å². The minimum absolute atomic E-state index is 0.276. The first-order valence-electron chi connectivity index (χ1n) is 5.83. The molecule has 3 nitrogen and oxygen atoms in total. The summed E-state index contributed by atoms with van der Waals surface area (Å²) in [4.78, 5) is 10.4. The van der Waals surface area contributed by atoms with Crippen molar-refractivity contribution < 1.29 is 9.53 Å². The van der Waals surface area contributed by atoms with Crippen LogP contribution in [0.4, 0.5) is 0 Å². The number of hydrogen-bond donors (Lipinski definition) is 0. The van der Waals surface area contributed by atoms with Crippen LogP contribution in [0.3, 0.4) is 0 Å². The second-order valence-electron chi connectivity index (χ2n) is 4.73. The Bertz CT molecular complexity index is 208. The molecule has 0 aromatic carbocycles. The second kappa shape index (κ2) is 7.58. The molecule has 94 valence electrons. The Hall–Kier alpha value is -0.670. The van der Waals surface area contributed by atoms with Gasteiger partial charge in [0.25, 0.3) is 0 Å². The fraction of sp³-hybridized carbons (Fsp3) is 0.769. The van der Waals surface area contributed by atoms with Crippen molar-refractivity contribution in [3.05, 3.63) is 12.2 Å². The largest absolute Gasteiger partial charge is 0.379 e. The smallest absolute Gasteiger partial charge is 0.106 e. The molecule has 0 saturated carbocycles. The quantitative estimate of drug-likeness (QED) is 0.689. The minimum atomic E-state index is 0.276. The maximum atomic E-state index is 8.00. The average Bonchev–Trinajstić information content (AvgIpc) is 2.33. The van der Waals surface area contributed by atoms with E-state index >= 15 is 0 Å². The number of rotatable bonds is 4. The molecule has 0 radical (unpaired) electrons. The maximum Gasteiger partial charge on any atom is 0.106 e. The van der Waals surface area contributed by atoms with Crippen LogP contribution in [0.5, 0.6) is 0 Å². The Kier molecular flexibility index (Phi) is 7.26. The van der Waals surface area contributed by atoms with E-state index in [1.165, 1.54) is 5.57 Å². The van der Waals surface area contributed by atoms with Crippen molar-refractivity contribution in [3.63, 3.8) is 0 Å². The van der Waals surface area contributed by atoms with Crippen LogP contribution >= 0.6 is 0 Å². The molecule has 0 aromatic heterocycles. The Labute approximate surface area is 99.5 Å². The van der Waals surface area contributed by atoms with Gasteiger partial charge in [0.05, 0.1) is 13.2 Å². The van der Waals surface area contributed by atoms with E-state index in [1.807, 2.05) is 6.79 Å². The third kappa shape index (κ3) is 4.90. The van der Waals surface area contributed by atoms with Gasteiger partial charge < -0.3 is 9.53 Å². The van der Waals surface area contributed by atoms with Crippen LogP contribution in [0.2, 0.25) is 0 Å². The van der Waals surface area contributed by atoms with Gasteiger partial charge in [-0.3, -0.25) is 4.90 Å². The van der Waals surface area contributed by atoms with Crippen molar-refractivity contribution in [1.82, 2.24) is 4.90 Å². The predicted octanol–water partition coefficient (Wildman–Crippen LogP) is 2.13.